The van der Waals surface area contributed by atoms with Crippen LogP contribution in [0, 0.1) is 11.1 Å². The zero-order valence-electron chi connectivity index (χ0n) is 14.5. The number of amides is 1. The van der Waals surface area contributed by atoms with Gasteiger partial charge in [0.1, 0.15) is 15.8 Å². The summed E-state index contributed by atoms with van der Waals surface area (Å²) in [5.41, 5.74) is 0.925. The number of aromatic nitrogens is 2. The fourth-order valence-corrected chi connectivity index (χ4v) is 3.65. The van der Waals surface area contributed by atoms with Crippen LogP contribution in [0.25, 0.3) is 10.9 Å². The molecule has 9 heteroatoms. The van der Waals surface area contributed by atoms with Gasteiger partial charge in [-0.1, -0.05) is 23.2 Å². The van der Waals surface area contributed by atoms with Gasteiger partial charge in [0.25, 0.3) is 11.7 Å². The number of carbonyl (C=O) groups excluding carboxylic acids is 2. The first-order chi connectivity index (χ1) is 13.3. The first kappa shape index (κ1) is 18.6. The molecule has 1 aliphatic rings. The van der Waals surface area contributed by atoms with Crippen LogP contribution in [-0.4, -0.2) is 21.4 Å². The van der Waals surface area contributed by atoms with Crippen LogP contribution in [0.5, 0.6) is 5.75 Å². The molecule has 0 radical (unpaired) electrons. The monoisotopic (exact) mass is 419 g/mol. The molecule has 0 bridgehead atoms. The van der Waals surface area contributed by atoms with Crippen molar-refractivity contribution in [1.82, 2.24) is 4.57 Å². The Balaban J connectivity index is 1.68. The number of phenolic OH excluding ortho intramolecular Hbond substituents is 1. The van der Waals surface area contributed by atoms with Gasteiger partial charge in [-0.25, -0.2) is 0 Å². The summed E-state index contributed by atoms with van der Waals surface area (Å²) >= 11 is 11.9. The van der Waals surface area contributed by atoms with Crippen LogP contribution >= 0.6 is 23.2 Å². The predicted molar refractivity (Wildman–Crippen MR) is 105 cm³/mol. The summed E-state index contributed by atoms with van der Waals surface area (Å²) in [6, 6.07) is 4.73. The van der Waals surface area contributed by atoms with E-state index in [1.807, 2.05) is 4.57 Å². The lowest BCUT2D eigenvalue weighted by Crippen LogP contribution is -2.27. The molecule has 1 aromatic carbocycles. The molecule has 2 aromatic heterocycles. The van der Waals surface area contributed by atoms with Crippen molar-refractivity contribution in [2.75, 3.05) is 5.32 Å². The van der Waals surface area contributed by atoms with Crippen molar-refractivity contribution in [3.63, 3.8) is 0 Å². The summed E-state index contributed by atoms with van der Waals surface area (Å²) < 4.78 is 2.33. The van der Waals surface area contributed by atoms with Gasteiger partial charge in [0.05, 0.1) is 11.3 Å². The maximum atomic E-state index is 12.8. The number of halogens is 2. The van der Waals surface area contributed by atoms with Gasteiger partial charge < -0.3 is 20.2 Å². The fraction of sp³-hybridized carbons (Fsp3) is 0.211. The number of pyridine rings is 1. The van der Waals surface area contributed by atoms with Gasteiger partial charge in [0, 0.05) is 23.6 Å². The Labute approximate surface area is 169 Å². The summed E-state index contributed by atoms with van der Waals surface area (Å²) in [6.07, 6.45) is 5.93. The van der Waals surface area contributed by atoms with Crippen molar-refractivity contribution >= 4 is 51.5 Å². The zero-order chi connectivity index (χ0) is 20.0. The van der Waals surface area contributed by atoms with Crippen molar-refractivity contribution in [2.24, 2.45) is 5.92 Å². The molecule has 7 nitrogen and oxygen atoms in total. The van der Waals surface area contributed by atoms with E-state index >= 15 is 0 Å². The van der Waals surface area contributed by atoms with E-state index in [-0.39, 0.29) is 27.0 Å². The summed E-state index contributed by atoms with van der Waals surface area (Å²) in [5.74, 6) is -1.18. The predicted octanol–water partition coefficient (Wildman–Crippen LogP) is 3.52. The molecule has 2 heterocycles. The Morgan fingerprint density at radius 3 is 2.57 bits per heavy atom. The highest BCUT2D eigenvalue weighted by Crippen LogP contribution is 2.34. The van der Waals surface area contributed by atoms with Crippen LogP contribution in [0.2, 0.25) is 10.0 Å². The lowest BCUT2D eigenvalue weighted by Gasteiger charge is -2.08. The topological polar surface area (TPSA) is 98.3 Å². The van der Waals surface area contributed by atoms with E-state index in [9.17, 15) is 19.9 Å². The molecule has 0 spiro atoms. The van der Waals surface area contributed by atoms with Gasteiger partial charge in [0.2, 0.25) is 12.4 Å². The van der Waals surface area contributed by atoms with E-state index in [0.29, 0.717) is 16.0 Å². The average Bonchev–Trinajstić information content (AvgIpc) is 3.38. The Morgan fingerprint density at radius 2 is 1.93 bits per heavy atom. The molecule has 1 amide bonds. The quantitative estimate of drug-likeness (QED) is 0.286. The van der Waals surface area contributed by atoms with Crippen LogP contribution in [-0.2, 0) is 11.3 Å². The van der Waals surface area contributed by atoms with Gasteiger partial charge in [-0.05, 0) is 37.0 Å². The number of phenols is 1. The molecule has 3 aromatic rings. The minimum atomic E-state index is -0.943. The van der Waals surface area contributed by atoms with E-state index in [1.54, 1.807) is 18.3 Å². The number of anilines is 1. The van der Waals surface area contributed by atoms with Crippen LogP contribution in [0.3, 0.4) is 0 Å². The average molecular weight is 420 g/mol. The number of nitrogens with one attached hydrogen (secondary N) is 1. The van der Waals surface area contributed by atoms with Crippen molar-refractivity contribution in [3.05, 3.63) is 57.6 Å². The van der Waals surface area contributed by atoms with E-state index in [2.05, 4.69) is 5.32 Å². The van der Waals surface area contributed by atoms with Crippen molar-refractivity contribution in [3.8, 4) is 5.75 Å². The molecule has 144 valence electrons. The number of fused-ring (bicyclic) bond motifs is 1. The van der Waals surface area contributed by atoms with Gasteiger partial charge in [-0.2, -0.15) is 4.73 Å². The molecule has 0 aliphatic heterocycles. The zero-order valence-corrected chi connectivity index (χ0v) is 16.0. The van der Waals surface area contributed by atoms with E-state index in [0.717, 1.165) is 37.3 Å². The second kappa shape index (κ2) is 7.00. The normalized spacial score (nSPS) is 13.6. The third-order valence-corrected chi connectivity index (χ3v) is 5.24. The lowest BCUT2D eigenvalue weighted by molar-refractivity contribution is -0.605. The van der Waals surface area contributed by atoms with Crippen molar-refractivity contribution in [2.45, 2.75) is 19.4 Å². The molecule has 2 N–H and O–H groups in total. The van der Waals surface area contributed by atoms with Gasteiger partial charge >= 0.3 is 0 Å². The Morgan fingerprint density at radius 1 is 1.25 bits per heavy atom. The second-order valence-corrected chi connectivity index (χ2v) is 7.63. The number of aromatic hydroxyl groups is 1. The minimum absolute atomic E-state index is 0.000258. The molecule has 1 aliphatic carbocycles. The summed E-state index contributed by atoms with van der Waals surface area (Å²) in [4.78, 5) is 25.4. The molecule has 0 atom stereocenters. The minimum Gasteiger partial charge on any atom is -0.619 e. The van der Waals surface area contributed by atoms with Crippen molar-refractivity contribution in [1.29, 1.82) is 0 Å². The van der Waals surface area contributed by atoms with E-state index < -0.39 is 11.7 Å². The third-order valence-electron chi connectivity index (χ3n) is 4.66. The standard InChI is InChI=1S/C19H15Cl2N3O4/c20-14-8-24(28)9-15(21)17(14)22-19(27)18(26)13-7-23(6-10-1-2-10)16-4-3-11(25)5-12(13)16/h3-5,7-10,25H,1-2,6H2,(H,22,27). The van der Waals surface area contributed by atoms with Crippen LogP contribution in [0.4, 0.5) is 5.69 Å². The summed E-state index contributed by atoms with van der Waals surface area (Å²) in [7, 11) is 0. The maximum absolute atomic E-state index is 12.8. The molecule has 1 saturated carbocycles. The molecular formula is C19H15Cl2N3O4. The molecular weight excluding hydrogens is 405 g/mol. The number of hydrogen-bond acceptors (Lipinski definition) is 4. The van der Waals surface area contributed by atoms with E-state index in [4.69, 9.17) is 23.2 Å². The Kier molecular flexibility index (Phi) is 4.64. The highest BCUT2D eigenvalue weighted by atomic mass is 35.5. The summed E-state index contributed by atoms with van der Waals surface area (Å²) in [6.45, 7) is 0.746. The Bertz CT molecular complexity index is 1100. The van der Waals surface area contributed by atoms with Gasteiger partial charge in [-0.3, -0.25) is 9.59 Å². The number of Topliss-reactive ketones (excluding diaryl/α,β-unsaturated/α-hetero) is 1. The highest BCUT2D eigenvalue weighted by Gasteiger charge is 2.27. The largest absolute Gasteiger partial charge is 0.619 e. The molecule has 1 fully saturated rings. The molecule has 0 saturated heterocycles. The maximum Gasteiger partial charge on any atom is 0.296 e. The SMILES string of the molecule is O=C(Nc1c(Cl)c[n+]([O-])cc1Cl)C(=O)c1cn(CC2CC2)c2ccc(O)cc12. The van der Waals surface area contributed by atoms with E-state index in [1.165, 1.54) is 6.07 Å². The highest BCUT2D eigenvalue weighted by molar-refractivity contribution is 6.50. The van der Waals surface area contributed by atoms with Crippen molar-refractivity contribution < 1.29 is 19.4 Å². The number of hydrogen-bond donors (Lipinski definition) is 2. The van der Waals surface area contributed by atoms with Crippen LogP contribution in [0.1, 0.15) is 23.2 Å². The number of carbonyl (C=O) groups is 2. The van der Waals surface area contributed by atoms with Gasteiger partial charge in [-0.15, -0.1) is 0 Å². The number of ketones is 1. The fourth-order valence-electron chi connectivity index (χ4n) is 3.11. The third kappa shape index (κ3) is 3.50. The van der Waals surface area contributed by atoms with Crippen LogP contribution in [0.15, 0.2) is 36.8 Å². The molecule has 4 rings (SSSR count). The molecule has 0 unspecified atom stereocenters. The summed E-state index contributed by atoms with van der Waals surface area (Å²) in [5, 5.41) is 23.8. The second-order valence-electron chi connectivity index (χ2n) is 6.81. The van der Waals surface area contributed by atoms with Crippen LogP contribution < -0.4 is 10.0 Å². The number of rotatable bonds is 5. The lowest BCUT2D eigenvalue weighted by atomic mass is 10.1. The Hall–Kier alpha value is -2.77. The number of nitrogens with zero attached hydrogens (tertiary/aromatic N) is 2. The number of benzene rings is 1. The first-order valence-corrected chi connectivity index (χ1v) is 9.34. The molecule has 28 heavy (non-hydrogen) atoms. The smallest absolute Gasteiger partial charge is 0.296 e. The van der Waals surface area contributed by atoms with Gasteiger partial charge in [0.15, 0.2) is 0 Å². The first-order valence-electron chi connectivity index (χ1n) is 8.59.